The molecule has 0 aromatic heterocycles. The van der Waals surface area contributed by atoms with Crippen LogP contribution in [0.4, 0.5) is 5.69 Å². The van der Waals surface area contributed by atoms with Crippen molar-refractivity contribution in [1.29, 1.82) is 0 Å². The van der Waals surface area contributed by atoms with Crippen molar-refractivity contribution in [3.63, 3.8) is 0 Å². The zero-order chi connectivity index (χ0) is 24.8. The van der Waals surface area contributed by atoms with Crippen molar-refractivity contribution in [3.05, 3.63) is 91.9 Å². The summed E-state index contributed by atoms with van der Waals surface area (Å²) < 4.78 is 30.6. The maximum Gasteiger partial charge on any atom is 0.244 e. The summed E-state index contributed by atoms with van der Waals surface area (Å²) in [6.07, 6.45) is 0.319. The Balaban J connectivity index is 1.80. The predicted octanol–water partition coefficient (Wildman–Crippen LogP) is 5.75. The molecule has 1 aliphatic heterocycles. The average Bonchev–Trinajstić information content (AvgIpc) is 2.79. The SMILES string of the molecule is Cc1cc(NC(=O)[C@@H]2Cc3ccccc3CN2S(=O)(=O)c2c(C)c(C)cc(C)c2C)ccc1Br. The van der Waals surface area contributed by atoms with Gasteiger partial charge in [0, 0.05) is 16.7 Å². The van der Waals surface area contributed by atoms with Crippen LogP contribution in [0, 0.1) is 34.6 Å². The highest BCUT2D eigenvalue weighted by Crippen LogP contribution is 2.34. The number of nitrogens with zero attached hydrogens (tertiary/aromatic N) is 1. The second-order valence-electron chi connectivity index (χ2n) is 9.08. The van der Waals surface area contributed by atoms with Gasteiger partial charge in [-0.15, -0.1) is 0 Å². The molecule has 0 saturated carbocycles. The third kappa shape index (κ3) is 4.44. The number of hydrogen-bond acceptors (Lipinski definition) is 3. The largest absolute Gasteiger partial charge is 0.325 e. The smallest absolute Gasteiger partial charge is 0.244 e. The predicted molar refractivity (Wildman–Crippen MR) is 140 cm³/mol. The van der Waals surface area contributed by atoms with E-state index in [1.807, 2.05) is 83.1 Å². The quantitative estimate of drug-likeness (QED) is 0.458. The van der Waals surface area contributed by atoms with Crippen LogP contribution in [-0.2, 0) is 27.8 Å². The Hall–Kier alpha value is -2.48. The molecule has 1 amide bonds. The molecule has 0 fully saturated rings. The number of amides is 1. The van der Waals surface area contributed by atoms with Gasteiger partial charge in [-0.1, -0.05) is 46.3 Å². The van der Waals surface area contributed by atoms with Gasteiger partial charge in [-0.05, 0) is 98.2 Å². The van der Waals surface area contributed by atoms with Gasteiger partial charge in [0.1, 0.15) is 6.04 Å². The van der Waals surface area contributed by atoms with Gasteiger partial charge < -0.3 is 5.32 Å². The molecule has 5 nitrogen and oxygen atoms in total. The fourth-order valence-electron chi connectivity index (χ4n) is 4.61. The number of benzene rings is 3. The van der Waals surface area contributed by atoms with Gasteiger partial charge in [0.25, 0.3) is 0 Å². The Kier molecular flexibility index (Phi) is 6.73. The van der Waals surface area contributed by atoms with E-state index in [1.165, 1.54) is 4.31 Å². The summed E-state index contributed by atoms with van der Waals surface area (Å²) in [6, 6.07) is 14.4. The summed E-state index contributed by atoms with van der Waals surface area (Å²) in [5.74, 6) is -0.334. The minimum atomic E-state index is -3.95. The highest BCUT2D eigenvalue weighted by atomic mass is 79.9. The first kappa shape index (κ1) is 24.6. The van der Waals surface area contributed by atoms with E-state index >= 15 is 0 Å². The van der Waals surface area contributed by atoms with Gasteiger partial charge in [0.15, 0.2) is 0 Å². The number of rotatable bonds is 4. The molecule has 0 spiro atoms. The molecule has 0 aliphatic carbocycles. The number of aryl methyl sites for hydroxylation is 3. The van der Waals surface area contributed by atoms with Crippen LogP contribution in [0.1, 0.15) is 38.9 Å². The first-order valence-electron chi connectivity index (χ1n) is 11.2. The zero-order valence-corrected chi connectivity index (χ0v) is 22.5. The number of sulfonamides is 1. The van der Waals surface area contributed by atoms with E-state index in [2.05, 4.69) is 21.2 Å². The number of nitrogens with one attached hydrogen (secondary N) is 1. The van der Waals surface area contributed by atoms with Crippen molar-refractivity contribution in [3.8, 4) is 0 Å². The van der Waals surface area contributed by atoms with E-state index in [0.717, 1.165) is 43.4 Å². The van der Waals surface area contributed by atoms with E-state index < -0.39 is 16.1 Å². The second kappa shape index (κ2) is 9.29. The third-order valence-electron chi connectivity index (χ3n) is 6.80. The summed E-state index contributed by atoms with van der Waals surface area (Å²) in [7, 11) is -3.95. The number of fused-ring (bicyclic) bond motifs is 1. The Bertz CT molecular complexity index is 1370. The molecule has 0 radical (unpaired) electrons. The molecule has 3 aromatic rings. The number of halogens is 1. The van der Waals surface area contributed by atoms with Crippen molar-refractivity contribution < 1.29 is 13.2 Å². The first-order valence-corrected chi connectivity index (χ1v) is 13.5. The van der Waals surface area contributed by atoms with Crippen LogP contribution in [0.2, 0.25) is 0 Å². The van der Waals surface area contributed by atoms with Crippen LogP contribution in [-0.4, -0.2) is 24.7 Å². The molecule has 178 valence electrons. The lowest BCUT2D eigenvalue weighted by Crippen LogP contribution is -2.50. The molecular weight excluding hydrogens is 512 g/mol. The molecule has 1 aliphatic rings. The van der Waals surface area contributed by atoms with Crippen LogP contribution in [0.25, 0.3) is 0 Å². The Morgan fingerprint density at radius 1 is 0.912 bits per heavy atom. The number of hydrogen-bond donors (Lipinski definition) is 1. The van der Waals surface area contributed by atoms with E-state index in [0.29, 0.717) is 17.0 Å². The summed E-state index contributed by atoms with van der Waals surface area (Å²) in [4.78, 5) is 13.8. The van der Waals surface area contributed by atoms with Gasteiger partial charge in [-0.3, -0.25) is 4.79 Å². The molecule has 1 heterocycles. The lowest BCUT2D eigenvalue weighted by molar-refractivity contribution is -0.120. The molecule has 7 heteroatoms. The summed E-state index contributed by atoms with van der Waals surface area (Å²) in [5, 5.41) is 2.95. The van der Waals surface area contributed by atoms with Crippen LogP contribution in [0.5, 0.6) is 0 Å². The highest BCUT2D eigenvalue weighted by molar-refractivity contribution is 9.10. The van der Waals surface area contributed by atoms with Crippen molar-refractivity contribution in [2.45, 2.75) is 58.5 Å². The molecule has 1 N–H and O–H groups in total. The normalized spacial score (nSPS) is 16.2. The maximum absolute atomic E-state index is 14.1. The maximum atomic E-state index is 14.1. The second-order valence-corrected chi connectivity index (χ2v) is 11.8. The summed E-state index contributed by atoms with van der Waals surface area (Å²) in [5.41, 5.74) is 6.84. The third-order valence-corrected chi connectivity index (χ3v) is 9.82. The van der Waals surface area contributed by atoms with Crippen molar-refractivity contribution >= 4 is 37.5 Å². The molecule has 0 unspecified atom stereocenters. The number of carbonyl (C=O) groups excluding carboxylic acids is 1. The van der Waals surface area contributed by atoms with E-state index in [4.69, 9.17) is 0 Å². The van der Waals surface area contributed by atoms with Gasteiger partial charge >= 0.3 is 0 Å². The van der Waals surface area contributed by atoms with E-state index in [9.17, 15) is 13.2 Å². The molecule has 0 saturated heterocycles. The summed E-state index contributed by atoms with van der Waals surface area (Å²) >= 11 is 3.48. The highest BCUT2D eigenvalue weighted by Gasteiger charge is 2.41. The molecule has 1 atom stereocenters. The molecule has 0 bridgehead atoms. The fourth-order valence-corrected chi connectivity index (χ4v) is 7.00. The Labute approximate surface area is 210 Å². The lowest BCUT2D eigenvalue weighted by Gasteiger charge is -2.36. The van der Waals surface area contributed by atoms with Crippen molar-refractivity contribution in [2.75, 3.05) is 5.32 Å². The molecule has 4 rings (SSSR count). The zero-order valence-electron chi connectivity index (χ0n) is 20.1. The topological polar surface area (TPSA) is 66.5 Å². The average molecular weight is 542 g/mol. The van der Waals surface area contributed by atoms with Crippen molar-refractivity contribution in [1.82, 2.24) is 4.31 Å². The summed E-state index contributed by atoms with van der Waals surface area (Å²) in [6.45, 7) is 9.62. The standard InChI is InChI=1S/C27H29BrN2O3S/c1-16-12-17(2)20(5)26(19(16)4)34(32,33)30-15-22-9-7-6-8-21(22)14-25(30)27(31)29-23-10-11-24(28)18(3)13-23/h6-13,25H,14-15H2,1-5H3,(H,29,31)/t25-/m0/s1. The Morgan fingerprint density at radius 2 is 1.53 bits per heavy atom. The van der Waals surface area contributed by atoms with Gasteiger partial charge in [-0.2, -0.15) is 4.31 Å². The van der Waals surface area contributed by atoms with Crippen LogP contribution < -0.4 is 5.32 Å². The lowest BCUT2D eigenvalue weighted by atomic mass is 9.95. The number of anilines is 1. The van der Waals surface area contributed by atoms with Gasteiger partial charge in [0.2, 0.25) is 15.9 Å². The monoisotopic (exact) mass is 540 g/mol. The van der Waals surface area contributed by atoms with Crippen LogP contribution >= 0.6 is 15.9 Å². The molecule has 34 heavy (non-hydrogen) atoms. The van der Waals surface area contributed by atoms with Crippen molar-refractivity contribution in [2.24, 2.45) is 0 Å². The molecular formula is C27H29BrN2O3S. The van der Waals surface area contributed by atoms with Crippen LogP contribution in [0.3, 0.4) is 0 Å². The van der Waals surface area contributed by atoms with E-state index in [-0.39, 0.29) is 12.5 Å². The fraction of sp³-hybridized carbons (Fsp3) is 0.296. The minimum Gasteiger partial charge on any atom is -0.325 e. The van der Waals surface area contributed by atoms with Crippen LogP contribution in [0.15, 0.2) is 57.9 Å². The minimum absolute atomic E-state index is 0.155. The van der Waals surface area contributed by atoms with E-state index in [1.54, 1.807) is 0 Å². The first-order chi connectivity index (χ1) is 16.0. The molecule has 3 aromatic carbocycles. The van der Waals surface area contributed by atoms with Gasteiger partial charge in [-0.25, -0.2) is 8.42 Å². The van der Waals surface area contributed by atoms with Gasteiger partial charge in [0.05, 0.1) is 4.90 Å². The Morgan fingerprint density at radius 3 is 2.15 bits per heavy atom. The number of carbonyl (C=O) groups is 1.